The van der Waals surface area contributed by atoms with Crippen molar-refractivity contribution in [1.82, 2.24) is 9.88 Å². The molecular formula is C25H25ClN2O2S2. The summed E-state index contributed by atoms with van der Waals surface area (Å²) < 4.78 is -0.0586. The summed E-state index contributed by atoms with van der Waals surface area (Å²) in [5, 5.41) is 1.77. The Morgan fingerprint density at radius 1 is 1.09 bits per heavy atom. The number of halogens is 1. The van der Waals surface area contributed by atoms with E-state index in [1.807, 2.05) is 60.7 Å². The van der Waals surface area contributed by atoms with Gasteiger partial charge in [-0.25, -0.2) is 4.98 Å². The molecule has 7 heteroatoms. The molecule has 1 atom stereocenters. The number of pyridine rings is 1. The van der Waals surface area contributed by atoms with Gasteiger partial charge in [-0.05, 0) is 41.5 Å². The van der Waals surface area contributed by atoms with Crippen LogP contribution in [-0.4, -0.2) is 40.8 Å². The number of carbonyl (C=O) groups is 2. The number of rotatable bonds is 8. The van der Waals surface area contributed by atoms with E-state index < -0.39 is 0 Å². The zero-order valence-corrected chi connectivity index (χ0v) is 20.6. The van der Waals surface area contributed by atoms with Crippen LogP contribution in [0.5, 0.6) is 0 Å². The topological polar surface area (TPSA) is 50.3 Å². The van der Waals surface area contributed by atoms with Crippen molar-refractivity contribution in [1.29, 1.82) is 0 Å². The molecule has 1 heterocycles. The largest absolute Gasteiger partial charge is 0.349 e. The molecule has 0 spiro atoms. The van der Waals surface area contributed by atoms with Crippen molar-refractivity contribution in [2.75, 3.05) is 19.8 Å². The number of fused-ring (bicyclic) bond motifs is 1. The van der Waals surface area contributed by atoms with Crippen molar-refractivity contribution in [2.24, 2.45) is 0 Å². The smallest absolute Gasteiger partial charge is 0.222 e. The lowest BCUT2D eigenvalue weighted by molar-refractivity contribution is -0.128. The first-order valence-electron chi connectivity index (χ1n) is 10.1. The van der Waals surface area contributed by atoms with Gasteiger partial charge in [-0.3, -0.25) is 9.59 Å². The average molecular weight is 485 g/mol. The van der Waals surface area contributed by atoms with Crippen molar-refractivity contribution in [3.8, 4) is 0 Å². The fourth-order valence-corrected chi connectivity index (χ4v) is 5.58. The van der Waals surface area contributed by atoms with Crippen LogP contribution in [0.4, 0.5) is 0 Å². The van der Waals surface area contributed by atoms with Crippen LogP contribution in [0.2, 0.25) is 5.02 Å². The van der Waals surface area contributed by atoms with Crippen LogP contribution in [-0.2, 0) is 9.59 Å². The molecule has 0 saturated heterocycles. The third kappa shape index (κ3) is 7.12. The third-order valence-corrected chi connectivity index (χ3v) is 7.43. The second kappa shape index (κ2) is 11.5. The van der Waals surface area contributed by atoms with Gasteiger partial charge in [0.05, 0.1) is 15.8 Å². The average Bonchev–Trinajstić information content (AvgIpc) is 2.76. The van der Waals surface area contributed by atoms with Gasteiger partial charge in [0, 0.05) is 43.6 Å². The second-order valence-corrected chi connectivity index (χ2v) is 10.7. The normalized spacial score (nSPS) is 12.2. The summed E-state index contributed by atoms with van der Waals surface area (Å²) in [4.78, 5) is 29.9. The third-order valence-electron chi connectivity index (χ3n) is 4.66. The molecule has 0 N–H and O–H groups in total. The summed E-state index contributed by atoms with van der Waals surface area (Å²) in [5.74, 6) is 0.746. The van der Waals surface area contributed by atoms with Crippen LogP contribution in [0.3, 0.4) is 0 Å². The number of aromatic nitrogens is 1. The van der Waals surface area contributed by atoms with E-state index in [-0.39, 0.29) is 15.6 Å². The van der Waals surface area contributed by atoms with Crippen molar-refractivity contribution in [2.45, 2.75) is 17.9 Å². The highest BCUT2D eigenvalue weighted by atomic mass is 35.5. The first-order valence-corrected chi connectivity index (χ1v) is 12.5. The van der Waals surface area contributed by atoms with E-state index in [2.05, 4.69) is 11.1 Å². The molecule has 4 nitrogen and oxygen atoms in total. The highest BCUT2D eigenvalue weighted by Crippen LogP contribution is 2.40. The molecule has 0 radical (unpaired) electrons. The van der Waals surface area contributed by atoms with Crippen LogP contribution in [0.15, 0.2) is 54.6 Å². The fourth-order valence-electron chi connectivity index (χ4n) is 3.02. The molecule has 0 aliphatic rings. The van der Waals surface area contributed by atoms with Gasteiger partial charge in [0.1, 0.15) is 0 Å². The molecule has 3 aromatic rings. The number of hydrogen-bond acceptors (Lipinski definition) is 5. The van der Waals surface area contributed by atoms with E-state index in [4.69, 9.17) is 11.6 Å². The van der Waals surface area contributed by atoms with Crippen LogP contribution in [0, 0.1) is 0 Å². The highest BCUT2D eigenvalue weighted by Gasteiger charge is 2.16. The molecule has 0 aliphatic heterocycles. The lowest BCUT2D eigenvalue weighted by atomic mass is 10.1. The Morgan fingerprint density at radius 3 is 2.62 bits per heavy atom. The molecule has 0 fully saturated rings. The molecule has 3 rings (SSSR count). The van der Waals surface area contributed by atoms with E-state index in [1.54, 1.807) is 37.7 Å². The van der Waals surface area contributed by atoms with Gasteiger partial charge in [-0.15, -0.1) is 11.8 Å². The first-order chi connectivity index (χ1) is 15.3. The van der Waals surface area contributed by atoms with Crippen LogP contribution >= 0.6 is 35.1 Å². The van der Waals surface area contributed by atoms with E-state index in [9.17, 15) is 9.59 Å². The van der Waals surface area contributed by atoms with E-state index in [1.165, 1.54) is 11.8 Å². The predicted molar refractivity (Wildman–Crippen MR) is 139 cm³/mol. The number of nitrogens with zero attached hydrogens (tertiary/aromatic N) is 2. The zero-order chi connectivity index (χ0) is 23.1. The number of amides is 1. The maximum atomic E-state index is 11.9. The predicted octanol–water partition coefficient (Wildman–Crippen LogP) is 6.55. The van der Waals surface area contributed by atoms with Gasteiger partial charge in [0.25, 0.3) is 0 Å². The monoisotopic (exact) mass is 484 g/mol. The molecule has 0 saturated carbocycles. The number of hydrogen-bond donors (Lipinski definition) is 0. The molecule has 0 bridgehead atoms. The van der Waals surface area contributed by atoms with Crippen molar-refractivity contribution >= 4 is 69.2 Å². The van der Waals surface area contributed by atoms with Crippen molar-refractivity contribution < 1.29 is 9.59 Å². The van der Waals surface area contributed by atoms with Gasteiger partial charge in [0.2, 0.25) is 5.91 Å². The summed E-state index contributed by atoms with van der Waals surface area (Å²) >= 11 is 9.00. The Labute approximate surface area is 202 Å². The second-order valence-electron chi connectivity index (χ2n) is 7.43. The lowest BCUT2D eigenvalue weighted by Crippen LogP contribution is -2.21. The Kier molecular flexibility index (Phi) is 8.79. The quantitative estimate of drug-likeness (QED) is 0.339. The van der Waals surface area contributed by atoms with E-state index >= 15 is 0 Å². The van der Waals surface area contributed by atoms with Gasteiger partial charge in [-0.1, -0.05) is 59.8 Å². The minimum atomic E-state index is -0.0586. The van der Waals surface area contributed by atoms with Gasteiger partial charge in [-0.2, -0.15) is 0 Å². The SMILES string of the molecule is CC(=O)SC(SCCC(=O)N(C)C)c1cccc(C=Cc2ccc3ccc(Cl)cc3n2)c1. The summed E-state index contributed by atoms with van der Waals surface area (Å²) in [6, 6.07) is 17.8. The molecule has 0 aliphatic carbocycles. The number of carbonyl (C=O) groups excluding carboxylic acids is 2. The molecule has 32 heavy (non-hydrogen) atoms. The molecule has 1 aromatic heterocycles. The van der Waals surface area contributed by atoms with Crippen LogP contribution in [0.1, 0.15) is 34.7 Å². The van der Waals surface area contributed by atoms with E-state index in [0.29, 0.717) is 17.2 Å². The number of benzene rings is 2. The highest BCUT2D eigenvalue weighted by molar-refractivity contribution is 8.24. The minimum absolute atomic E-state index is 0.0569. The van der Waals surface area contributed by atoms with Gasteiger partial charge < -0.3 is 4.90 Å². The van der Waals surface area contributed by atoms with E-state index in [0.717, 1.165) is 27.7 Å². The van der Waals surface area contributed by atoms with Gasteiger partial charge in [0.15, 0.2) is 5.12 Å². The minimum Gasteiger partial charge on any atom is -0.349 e. The van der Waals surface area contributed by atoms with Crippen molar-refractivity contribution in [3.05, 3.63) is 76.4 Å². The Hall–Kier alpha value is -2.28. The fraction of sp³-hybridized carbons (Fsp3) is 0.240. The molecule has 1 amide bonds. The molecule has 2 aromatic carbocycles. The summed E-state index contributed by atoms with van der Waals surface area (Å²) in [6.07, 6.45) is 4.43. The van der Waals surface area contributed by atoms with Gasteiger partial charge >= 0.3 is 0 Å². The molecule has 166 valence electrons. The van der Waals surface area contributed by atoms with Crippen LogP contribution < -0.4 is 0 Å². The lowest BCUT2D eigenvalue weighted by Gasteiger charge is -2.16. The Morgan fingerprint density at radius 2 is 1.88 bits per heavy atom. The Balaban J connectivity index is 1.75. The standard InChI is InChI=1S/C25H25ClN2O2S2/c1-17(29)32-25(31-14-13-24(30)28(2)3)20-6-4-5-18(15-20)7-11-22-12-9-19-8-10-21(26)16-23(19)27-22/h4-12,15-16,25H,13-14H2,1-3H3. The maximum absolute atomic E-state index is 11.9. The molecular weight excluding hydrogens is 460 g/mol. The number of thioether (sulfide) groups is 2. The molecule has 1 unspecified atom stereocenters. The summed E-state index contributed by atoms with van der Waals surface area (Å²) in [7, 11) is 3.51. The summed E-state index contributed by atoms with van der Waals surface area (Å²) in [5.41, 5.74) is 3.77. The zero-order valence-electron chi connectivity index (χ0n) is 18.2. The first kappa shape index (κ1) is 24.4. The van der Waals surface area contributed by atoms with Crippen molar-refractivity contribution in [3.63, 3.8) is 0 Å². The van der Waals surface area contributed by atoms with Crippen LogP contribution in [0.25, 0.3) is 23.1 Å². The Bertz CT molecular complexity index is 1150. The summed E-state index contributed by atoms with van der Waals surface area (Å²) in [6.45, 7) is 1.57. The maximum Gasteiger partial charge on any atom is 0.222 e.